The zero-order chi connectivity index (χ0) is 6.86. The molecule has 0 bridgehead atoms. The number of halogens is 1. The van der Waals surface area contributed by atoms with Gasteiger partial charge in [0.05, 0.1) is 3.76 Å². The van der Waals surface area contributed by atoms with E-state index in [0.29, 0.717) is 0 Å². The molecule has 0 atom stereocenters. The summed E-state index contributed by atoms with van der Waals surface area (Å²) in [5.74, 6) is 0. The van der Waals surface area contributed by atoms with E-state index < -0.39 is 8.10 Å². The number of alkyl halides is 1. The van der Waals surface area contributed by atoms with Crippen LogP contribution in [-0.4, -0.2) is 26.7 Å². The molecule has 0 aliphatic rings. The molecule has 0 radical (unpaired) electrons. The van der Waals surface area contributed by atoms with Crippen LogP contribution in [0, 0.1) is 0 Å². The molecule has 0 aromatic heterocycles. The minimum Gasteiger partial charge on any atom is -0.273 e. The summed E-state index contributed by atoms with van der Waals surface area (Å²) in [5, 5.41) is 0. The summed E-state index contributed by atoms with van der Waals surface area (Å²) in [7, 11) is -0.700. The Morgan fingerprint density at radius 1 is 1.50 bits per heavy atom. The fourth-order valence-corrected chi connectivity index (χ4v) is 9.17. The first-order valence-electron chi connectivity index (χ1n) is 2.11. The van der Waals surface area contributed by atoms with Crippen molar-refractivity contribution in [1.82, 2.24) is 0 Å². The standard InChI is InChI=1S/C4H11IOS2/c1-8(2,3,6)7-4-5/h4H2,1-3H3. The third-order valence-corrected chi connectivity index (χ3v) is 6.30. The maximum absolute atomic E-state index is 11.3. The molecule has 0 aliphatic heterocycles. The lowest BCUT2D eigenvalue weighted by molar-refractivity contribution is 0.679. The van der Waals surface area contributed by atoms with Crippen molar-refractivity contribution >= 4 is 41.5 Å². The Hall–Kier alpha value is 1.23. The van der Waals surface area contributed by atoms with E-state index in [9.17, 15) is 4.21 Å². The topological polar surface area (TPSA) is 17.1 Å². The predicted molar refractivity (Wildman–Crippen MR) is 52.4 cm³/mol. The minimum absolute atomic E-state index is 0.909. The zero-order valence-corrected chi connectivity index (χ0v) is 9.10. The van der Waals surface area contributed by atoms with Crippen LogP contribution in [-0.2, 0) is 8.10 Å². The number of rotatable bonds is 2. The van der Waals surface area contributed by atoms with Gasteiger partial charge in [-0.1, -0.05) is 41.5 Å². The summed E-state index contributed by atoms with van der Waals surface area (Å²) in [6.45, 7) is 0. The second-order valence-corrected chi connectivity index (χ2v) is 13.5. The molecule has 0 saturated carbocycles. The van der Waals surface area contributed by atoms with Crippen LogP contribution in [0.15, 0.2) is 0 Å². The van der Waals surface area contributed by atoms with Crippen LogP contribution in [0.5, 0.6) is 0 Å². The van der Waals surface area contributed by atoms with Gasteiger partial charge in [-0.25, -0.2) is 0 Å². The molecule has 0 rings (SSSR count). The van der Waals surface area contributed by atoms with Gasteiger partial charge in [-0.3, -0.25) is 4.21 Å². The van der Waals surface area contributed by atoms with Gasteiger partial charge in [-0.15, -0.1) is 0 Å². The molecule has 0 aromatic carbocycles. The summed E-state index contributed by atoms with van der Waals surface area (Å²) < 4.78 is 12.3. The van der Waals surface area contributed by atoms with Gasteiger partial charge < -0.3 is 0 Å². The summed E-state index contributed by atoms with van der Waals surface area (Å²) in [4.78, 5) is 0. The Kier molecular flexibility index (Phi) is 2.84. The lowest BCUT2D eigenvalue weighted by atomic mass is 11.9. The number of hydrogen-bond donors (Lipinski definition) is 0. The van der Waals surface area contributed by atoms with Gasteiger partial charge in [-0.05, 0) is 0 Å². The predicted octanol–water partition coefficient (Wildman–Crippen LogP) is 1.74. The lowest BCUT2D eigenvalue weighted by Gasteiger charge is -2.25. The minimum atomic E-state index is -2.23. The fraction of sp³-hybridized carbons (Fsp3) is 1.00. The van der Waals surface area contributed by atoms with Gasteiger partial charge in [0.25, 0.3) is 0 Å². The quantitative estimate of drug-likeness (QED) is 0.430. The van der Waals surface area contributed by atoms with Crippen molar-refractivity contribution in [3.63, 3.8) is 0 Å². The van der Waals surface area contributed by atoms with Crippen molar-refractivity contribution in [1.29, 1.82) is 0 Å². The number of hydrogen-bond acceptors (Lipinski definition) is 2. The molecule has 0 aromatic rings. The Labute approximate surface area is 67.9 Å². The van der Waals surface area contributed by atoms with Crippen molar-refractivity contribution in [2.45, 2.75) is 0 Å². The third kappa shape index (κ3) is 7.23. The van der Waals surface area contributed by atoms with Gasteiger partial charge in [-0.2, -0.15) is 0 Å². The molecule has 0 amide bonds. The molecule has 0 aliphatic carbocycles. The molecule has 0 unspecified atom stereocenters. The average molecular weight is 266 g/mol. The molecule has 1 nitrogen and oxygen atoms in total. The van der Waals surface area contributed by atoms with Gasteiger partial charge in [0, 0.05) is 18.8 Å². The van der Waals surface area contributed by atoms with Gasteiger partial charge in [0.15, 0.2) is 0 Å². The molecular formula is C4H11IOS2. The van der Waals surface area contributed by atoms with Crippen molar-refractivity contribution in [2.24, 2.45) is 0 Å². The monoisotopic (exact) mass is 266 g/mol. The van der Waals surface area contributed by atoms with Crippen LogP contribution in [0.3, 0.4) is 0 Å². The normalized spacial score (nSPS) is 17.2. The van der Waals surface area contributed by atoms with Gasteiger partial charge in [0.1, 0.15) is 0 Å². The molecule has 4 heteroatoms. The Morgan fingerprint density at radius 2 is 1.88 bits per heavy atom. The summed E-state index contributed by atoms with van der Waals surface area (Å²) >= 11 is 2.21. The Morgan fingerprint density at radius 3 is 1.88 bits per heavy atom. The van der Waals surface area contributed by atoms with E-state index in [0.717, 1.165) is 3.76 Å². The van der Waals surface area contributed by atoms with E-state index in [2.05, 4.69) is 22.6 Å². The van der Waals surface area contributed by atoms with Gasteiger partial charge in [0.2, 0.25) is 0 Å². The maximum Gasteiger partial charge on any atom is 0.0565 e. The molecule has 0 saturated heterocycles. The van der Waals surface area contributed by atoms with Crippen molar-refractivity contribution in [3.8, 4) is 0 Å². The molecular weight excluding hydrogens is 255 g/mol. The molecule has 0 N–H and O–H groups in total. The first kappa shape index (κ1) is 9.23. The first-order chi connectivity index (χ1) is 3.31. The highest BCUT2D eigenvalue weighted by Crippen LogP contribution is 2.30. The van der Waals surface area contributed by atoms with Crippen LogP contribution < -0.4 is 0 Å². The second-order valence-electron chi connectivity index (χ2n) is 2.52. The smallest absolute Gasteiger partial charge is 0.0565 e. The van der Waals surface area contributed by atoms with Gasteiger partial charge >= 0.3 is 0 Å². The van der Waals surface area contributed by atoms with E-state index >= 15 is 0 Å². The zero-order valence-electron chi connectivity index (χ0n) is 5.31. The van der Waals surface area contributed by atoms with Crippen LogP contribution in [0.1, 0.15) is 0 Å². The van der Waals surface area contributed by atoms with Crippen LogP contribution in [0.2, 0.25) is 0 Å². The van der Waals surface area contributed by atoms with Crippen molar-refractivity contribution in [2.75, 3.05) is 22.5 Å². The highest BCUT2D eigenvalue weighted by Gasteiger charge is 2.16. The van der Waals surface area contributed by atoms with E-state index in [-0.39, 0.29) is 0 Å². The highest BCUT2D eigenvalue weighted by atomic mass is 127. The second kappa shape index (κ2) is 2.46. The van der Waals surface area contributed by atoms with Crippen LogP contribution in [0.25, 0.3) is 0 Å². The Balaban J connectivity index is 3.95. The Bertz CT molecular complexity index is 126. The van der Waals surface area contributed by atoms with Crippen molar-refractivity contribution in [3.05, 3.63) is 0 Å². The van der Waals surface area contributed by atoms with Crippen LogP contribution >= 0.6 is 33.4 Å². The highest BCUT2D eigenvalue weighted by molar-refractivity contribution is 14.1. The first-order valence-corrected chi connectivity index (χ1v) is 8.33. The fourth-order valence-electron chi connectivity index (χ4n) is 0.152. The van der Waals surface area contributed by atoms with E-state index in [1.165, 1.54) is 10.8 Å². The SMILES string of the molecule is CS(C)(C)(=O)SCI. The summed E-state index contributed by atoms with van der Waals surface area (Å²) in [6.07, 6.45) is 5.42. The third-order valence-electron chi connectivity index (χ3n) is 0.446. The molecule has 0 heterocycles. The molecule has 0 fully saturated rings. The largest absolute Gasteiger partial charge is 0.273 e. The van der Waals surface area contributed by atoms with Crippen molar-refractivity contribution < 1.29 is 4.21 Å². The molecule has 8 heavy (non-hydrogen) atoms. The average Bonchev–Trinajstić information content (AvgIpc) is 1.25. The maximum atomic E-state index is 11.3. The summed E-state index contributed by atoms with van der Waals surface area (Å²) in [5.41, 5.74) is 0. The molecule has 0 spiro atoms. The van der Waals surface area contributed by atoms with E-state index in [1.54, 1.807) is 18.8 Å². The van der Waals surface area contributed by atoms with Crippen LogP contribution in [0.4, 0.5) is 0 Å². The van der Waals surface area contributed by atoms with E-state index in [4.69, 9.17) is 0 Å². The summed E-state index contributed by atoms with van der Waals surface area (Å²) in [6, 6.07) is 0. The molecule has 52 valence electrons. The lowest BCUT2D eigenvalue weighted by Crippen LogP contribution is -2.21. The van der Waals surface area contributed by atoms with E-state index in [1.807, 2.05) is 0 Å².